The number of nitrogens with zero attached hydrogens (tertiary/aromatic N) is 3. The molecule has 0 aliphatic rings. The zero-order valence-corrected chi connectivity index (χ0v) is 14.3. The van der Waals surface area contributed by atoms with Crippen molar-refractivity contribution < 1.29 is 4.79 Å². The van der Waals surface area contributed by atoms with Gasteiger partial charge in [0.15, 0.2) is 11.5 Å². The van der Waals surface area contributed by atoms with Crippen molar-refractivity contribution in [2.45, 2.75) is 13.0 Å². The molecule has 5 nitrogen and oxygen atoms in total. The molecule has 1 aromatic carbocycles. The first-order chi connectivity index (χ1) is 11.5. The normalized spacial score (nSPS) is 12.6. The molecule has 0 spiro atoms. The molecule has 0 saturated heterocycles. The SMILES string of the molecule is CC(NC(=O)/C=C/c1cc(Cl)ccc1Cl)c1nnc2ccccn12. The third-order valence-corrected chi connectivity index (χ3v) is 4.04. The molecule has 7 heteroatoms. The minimum absolute atomic E-state index is 0.258. The number of nitrogens with one attached hydrogen (secondary N) is 1. The highest BCUT2D eigenvalue weighted by Crippen LogP contribution is 2.21. The lowest BCUT2D eigenvalue weighted by atomic mass is 10.2. The minimum Gasteiger partial charge on any atom is -0.343 e. The Morgan fingerprint density at radius 1 is 1.25 bits per heavy atom. The number of carbonyl (C=O) groups is 1. The van der Waals surface area contributed by atoms with Crippen molar-refractivity contribution in [2.75, 3.05) is 0 Å². The molecule has 1 N–H and O–H groups in total. The number of pyridine rings is 1. The lowest BCUT2D eigenvalue weighted by Gasteiger charge is -2.10. The van der Waals surface area contributed by atoms with Gasteiger partial charge in [-0.15, -0.1) is 10.2 Å². The van der Waals surface area contributed by atoms with Crippen LogP contribution in [-0.4, -0.2) is 20.5 Å². The number of carbonyl (C=O) groups excluding carboxylic acids is 1. The van der Waals surface area contributed by atoms with E-state index in [1.165, 1.54) is 6.08 Å². The van der Waals surface area contributed by atoms with Gasteiger partial charge in [0.05, 0.1) is 6.04 Å². The molecule has 0 fully saturated rings. The first-order valence-electron chi connectivity index (χ1n) is 7.28. The van der Waals surface area contributed by atoms with Crippen molar-refractivity contribution in [2.24, 2.45) is 0 Å². The van der Waals surface area contributed by atoms with Gasteiger partial charge >= 0.3 is 0 Å². The van der Waals surface area contributed by atoms with Crippen molar-refractivity contribution >= 4 is 40.8 Å². The number of halogens is 2. The van der Waals surface area contributed by atoms with Crippen molar-refractivity contribution in [3.8, 4) is 0 Å². The number of hydrogen-bond donors (Lipinski definition) is 1. The van der Waals surface area contributed by atoms with Gasteiger partial charge in [-0.25, -0.2) is 0 Å². The predicted octanol–water partition coefficient (Wildman–Crippen LogP) is 3.93. The third-order valence-electron chi connectivity index (χ3n) is 3.46. The standard InChI is InChI=1S/C17H14Cl2N4O/c1-11(17-22-21-15-4-2-3-9-23(15)17)20-16(24)8-5-12-10-13(18)6-7-14(12)19/h2-11H,1H3,(H,20,24)/b8-5+. The van der Waals surface area contributed by atoms with E-state index in [2.05, 4.69) is 15.5 Å². The highest BCUT2D eigenvalue weighted by Gasteiger charge is 2.14. The van der Waals surface area contributed by atoms with E-state index in [1.54, 1.807) is 24.3 Å². The molecule has 0 bridgehead atoms. The Balaban J connectivity index is 1.72. The van der Waals surface area contributed by atoms with Gasteiger partial charge in [0.1, 0.15) is 0 Å². The Bertz CT molecular complexity index is 920. The summed E-state index contributed by atoms with van der Waals surface area (Å²) in [4.78, 5) is 12.1. The first kappa shape index (κ1) is 16.5. The summed E-state index contributed by atoms with van der Waals surface area (Å²) in [6.45, 7) is 1.85. The number of hydrogen-bond acceptors (Lipinski definition) is 3. The number of benzene rings is 1. The topological polar surface area (TPSA) is 59.3 Å². The second-order valence-electron chi connectivity index (χ2n) is 5.22. The smallest absolute Gasteiger partial charge is 0.244 e. The van der Waals surface area contributed by atoms with Crippen LogP contribution < -0.4 is 5.32 Å². The Hall–Kier alpha value is -2.37. The molecule has 122 valence electrons. The van der Waals surface area contributed by atoms with Gasteiger partial charge in [0.2, 0.25) is 5.91 Å². The van der Waals surface area contributed by atoms with Gasteiger partial charge in [-0.1, -0.05) is 29.3 Å². The molecule has 0 aliphatic carbocycles. The Labute approximate surface area is 148 Å². The van der Waals surface area contributed by atoms with E-state index in [1.807, 2.05) is 35.7 Å². The highest BCUT2D eigenvalue weighted by atomic mass is 35.5. The quantitative estimate of drug-likeness (QED) is 0.717. The summed E-state index contributed by atoms with van der Waals surface area (Å²) in [7, 11) is 0. The van der Waals surface area contributed by atoms with Gasteiger partial charge in [0.25, 0.3) is 0 Å². The zero-order valence-electron chi connectivity index (χ0n) is 12.8. The van der Waals surface area contributed by atoms with Crippen molar-refractivity contribution in [1.29, 1.82) is 0 Å². The molecule has 2 aromatic heterocycles. The molecule has 0 saturated carbocycles. The van der Waals surface area contributed by atoms with Crippen LogP contribution in [-0.2, 0) is 4.79 Å². The Morgan fingerprint density at radius 2 is 2.08 bits per heavy atom. The average molecular weight is 361 g/mol. The van der Waals surface area contributed by atoms with Crippen molar-refractivity contribution in [1.82, 2.24) is 19.9 Å². The summed E-state index contributed by atoms with van der Waals surface area (Å²) in [5, 5.41) is 12.1. The highest BCUT2D eigenvalue weighted by molar-refractivity contribution is 6.34. The summed E-state index contributed by atoms with van der Waals surface area (Å²) in [5.74, 6) is 0.402. The molecule has 0 radical (unpaired) electrons. The van der Waals surface area contributed by atoms with E-state index in [9.17, 15) is 4.79 Å². The molecular formula is C17H14Cl2N4O. The maximum atomic E-state index is 12.1. The average Bonchev–Trinajstić information content (AvgIpc) is 3.00. The van der Waals surface area contributed by atoms with Crippen LogP contribution in [0.2, 0.25) is 10.0 Å². The first-order valence-corrected chi connectivity index (χ1v) is 8.03. The van der Waals surface area contributed by atoms with E-state index < -0.39 is 0 Å². The minimum atomic E-state index is -0.297. The second-order valence-corrected chi connectivity index (χ2v) is 6.06. The number of aromatic nitrogens is 3. The van der Waals surface area contributed by atoms with E-state index >= 15 is 0 Å². The number of rotatable bonds is 4. The van der Waals surface area contributed by atoms with Crippen LogP contribution in [0.1, 0.15) is 24.4 Å². The molecule has 1 amide bonds. The van der Waals surface area contributed by atoms with Gasteiger partial charge in [-0.05, 0) is 48.9 Å². The molecular weight excluding hydrogens is 347 g/mol. The largest absolute Gasteiger partial charge is 0.343 e. The fourth-order valence-corrected chi connectivity index (χ4v) is 2.65. The van der Waals surface area contributed by atoms with Crippen LogP contribution in [0.15, 0.2) is 48.7 Å². The van der Waals surface area contributed by atoms with Gasteiger partial charge in [-0.2, -0.15) is 0 Å². The summed E-state index contributed by atoms with van der Waals surface area (Å²) in [5.41, 5.74) is 1.41. The zero-order chi connectivity index (χ0) is 17.1. The summed E-state index contributed by atoms with van der Waals surface area (Å²) >= 11 is 12.0. The third kappa shape index (κ3) is 3.58. The fourth-order valence-electron chi connectivity index (χ4n) is 2.29. The van der Waals surface area contributed by atoms with Crippen LogP contribution in [0.3, 0.4) is 0 Å². The van der Waals surface area contributed by atoms with E-state index in [-0.39, 0.29) is 11.9 Å². The van der Waals surface area contributed by atoms with Crippen molar-refractivity contribution in [3.63, 3.8) is 0 Å². The van der Waals surface area contributed by atoms with E-state index in [4.69, 9.17) is 23.2 Å². The van der Waals surface area contributed by atoms with Crippen LogP contribution in [0, 0.1) is 0 Å². The number of fused-ring (bicyclic) bond motifs is 1. The lowest BCUT2D eigenvalue weighted by Crippen LogP contribution is -2.26. The lowest BCUT2D eigenvalue weighted by molar-refractivity contribution is -0.117. The second kappa shape index (κ2) is 7.03. The number of amides is 1. The predicted molar refractivity (Wildman–Crippen MR) is 95.0 cm³/mol. The van der Waals surface area contributed by atoms with Crippen LogP contribution >= 0.6 is 23.2 Å². The Morgan fingerprint density at radius 3 is 2.92 bits per heavy atom. The summed E-state index contributed by atoms with van der Waals surface area (Å²) in [6.07, 6.45) is 4.89. The van der Waals surface area contributed by atoms with Crippen molar-refractivity contribution in [3.05, 3.63) is 70.1 Å². The summed E-state index contributed by atoms with van der Waals surface area (Å²) < 4.78 is 1.84. The maximum Gasteiger partial charge on any atom is 0.244 e. The molecule has 3 aromatic rings. The van der Waals surface area contributed by atoms with Gasteiger partial charge in [0, 0.05) is 22.3 Å². The van der Waals surface area contributed by atoms with Gasteiger partial charge < -0.3 is 5.32 Å². The van der Waals surface area contributed by atoms with Gasteiger partial charge in [-0.3, -0.25) is 9.20 Å². The van der Waals surface area contributed by atoms with Crippen LogP contribution in [0.25, 0.3) is 11.7 Å². The van der Waals surface area contributed by atoms with Crippen LogP contribution in [0.4, 0.5) is 0 Å². The maximum absolute atomic E-state index is 12.1. The Kier molecular flexibility index (Phi) is 4.83. The molecule has 0 aliphatic heterocycles. The summed E-state index contributed by atoms with van der Waals surface area (Å²) in [6, 6.07) is 10.4. The molecule has 3 rings (SSSR count). The fraction of sp³-hybridized carbons (Fsp3) is 0.118. The monoisotopic (exact) mass is 360 g/mol. The molecule has 1 atom stereocenters. The molecule has 1 unspecified atom stereocenters. The molecule has 24 heavy (non-hydrogen) atoms. The van der Waals surface area contributed by atoms with E-state index in [0.717, 1.165) is 5.65 Å². The van der Waals surface area contributed by atoms with E-state index in [0.29, 0.717) is 21.4 Å². The molecule has 2 heterocycles. The van der Waals surface area contributed by atoms with Crippen LogP contribution in [0.5, 0.6) is 0 Å².